The molecule has 0 bridgehead atoms. The number of carbonyl (C=O) groups is 1. The van der Waals surface area contributed by atoms with Crippen molar-refractivity contribution >= 4 is 5.91 Å². The minimum atomic E-state index is -0.280. The second-order valence-corrected chi connectivity index (χ2v) is 6.64. The Hall–Kier alpha value is -2.93. The second kappa shape index (κ2) is 7.36. The van der Waals surface area contributed by atoms with Crippen LogP contribution in [0.15, 0.2) is 51.6 Å². The highest BCUT2D eigenvalue weighted by atomic mass is 19.1. The molecule has 6 nitrogen and oxygen atoms in total. The maximum Gasteiger partial charge on any atom is 0.289 e. The summed E-state index contributed by atoms with van der Waals surface area (Å²) in [6.07, 6.45) is 1.51. The molecule has 0 aliphatic carbocycles. The van der Waals surface area contributed by atoms with Gasteiger partial charge in [-0.25, -0.2) is 4.39 Å². The second-order valence-electron chi connectivity index (χ2n) is 6.64. The van der Waals surface area contributed by atoms with Gasteiger partial charge in [-0.15, -0.1) is 0 Å². The topological polar surface area (TPSA) is 62.7 Å². The summed E-state index contributed by atoms with van der Waals surface area (Å²) in [5, 5.41) is 4.20. The number of carbonyl (C=O) groups excluding carboxylic acids is 1. The zero-order valence-electron chi connectivity index (χ0n) is 15.0. The van der Waals surface area contributed by atoms with Crippen LogP contribution in [0.4, 0.5) is 4.39 Å². The summed E-state index contributed by atoms with van der Waals surface area (Å²) in [4.78, 5) is 16.4. The zero-order chi connectivity index (χ0) is 18.8. The first-order valence-corrected chi connectivity index (χ1v) is 8.88. The smallest absolute Gasteiger partial charge is 0.289 e. The van der Waals surface area contributed by atoms with Gasteiger partial charge >= 0.3 is 0 Å². The lowest BCUT2D eigenvalue weighted by atomic mass is 10.1. The highest BCUT2D eigenvalue weighted by molar-refractivity contribution is 5.91. The van der Waals surface area contributed by atoms with E-state index in [9.17, 15) is 9.18 Å². The monoisotopic (exact) mass is 369 g/mol. The summed E-state index contributed by atoms with van der Waals surface area (Å²) in [6, 6.07) is 9.59. The highest BCUT2D eigenvalue weighted by Gasteiger charge is 2.25. The first-order chi connectivity index (χ1) is 13.1. The maximum atomic E-state index is 13.1. The fourth-order valence-corrected chi connectivity index (χ4v) is 3.26. The lowest BCUT2D eigenvalue weighted by Crippen LogP contribution is -2.48. The molecule has 0 radical (unpaired) electrons. The summed E-state index contributed by atoms with van der Waals surface area (Å²) >= 11 is 0. The minimum absolute atomic E-state index is 0.0733. The predicted molar refractivity (Wildman–Crippen MR) is 96.5 cm³/mol. The quantitative estimate of drug-likeness (QED) is 0.706. The molecule has 1 fully saturated rings. The highest BCUT2D eigenvalue weighted by Crippen LogP contribution is 2.26. The number of rotatable bonds is 4. The van der Waals surface area contributed by atoms with E-state index in [0.717, 1.165) is 29.9 Å². The Morgan fingerprint density at radius 2 is 1.89 bits per heavy atom. The van der Waals surface area contributed by atoms with Gasteiger partial charge in [-0.3, -0.25) is 9.69 Å². The number of nitrogens with zero attached hydrogens (tertiary/aromatic N) is 3. The van der Waals surface area contributed by atoms with Crippen LogP contribution >= 0.6 is 0 Å². The summed E-state index contributed by atoms with van der Waals surface area (Å²) in [5.41, 5.74) is 2.62. The Labute approximate surface area is 156 Å². The Morgan fingerprint density at radius 1 is 1.15 bits per heavy atom. The third kappa shape index (κ3) is 3.64. The van der Waals surface area contributed by atoms with Gasteiger partial charge < -0.3 is 13.8 Å². The standard InChI is InChI=1S/C20H20FN3O3/c1-14-17(22-27-19(14)15-4-6-16(21)7-5-15)13-23-8-10-24(11-9-23)20(25)18-3-2-12-26-18/h2-7,12H,8-11,13H2,1H3. The van der Waals surface area contributed by atoms with Crippen LogP contribution in [0.2, 0.25) is 0 Å². The van der Waals surface area contributed by atoms with E-state index in [2.05, 4.69) is 10.1 Å². The Morgan fingerprint density at radius 3 is 2.56 bits per heavy atom. The lowest BCUT2D eigenvalue weighted by Gasteiger charge is -2.33. The van der Waals surface area contributed by atoms with E-state index < -0.39 is 0 Å². The number of piperazine rings is 1. The van der Waals surface area contributed by atoms with Gasteiger partial charge in [0.25, 0.3) is 5.91 Å². The number of hydrogen-bond acceptors (Lipinski definition) is 5. The lowest BCUT2D eigenvalue weighted by molar-refractivity contribution is 0.0595. The molecule has 140 valence electrons. The molecule has 7 heteroatoms. The molecule has 0 atom stereocenters. The average Bonchev–Trinajstić information content (AvgIpc) is 3.34. The average molecular weight is 369 g/mol. The third-order valence-electron chi connectivity index (χ3n) is 4.89. The zero-order valence-corrected chi connectivity index (χ0v) is 15.0. The molecule has 0 saturated carbocycles. The fraction of sp³-hybridized carbons (Fsp3) is 0.300. The van der Waals surface area contributed by atoms with Crippen LogP contribution in [0.5, 0.6) is 0 Å². The number of furan rings is 1. The van der Waals surface area contributed by atoms with E-state index in [-0.39, 0.29) is 11.7 Å². The molecule has 0 N–H and O–H groups in total. The van der Waals surface area contributed by atoms with Gasteiger partial charge in [0.05, 0.1) is 6.26 Å². The molecule has 3 heterocycles. The van der Waals surface area contributed by atoms with Crippen LogP contribution in [0.3, 0.4) is 0 Å². The van der Waals surface area contributed by atoms with Crippen LogP contribution < -0.4 is 0 Å². The van der Waals surface area contributed by atoms with Crippen molar-refractivity contribution in [3.8, 4) is 11.3 Å². The Kier molecular flexibility index (Phi) is 4.77. The van der Waals surface area contributed by atoms with Crippen LogP contribution in [-0.2, 0) is 6.54 Å². The van der Waals surface area contributed by atoms with Gasteiger partial charge in [0.15, 0.2) is 11.5 Å². The van der Waals surface area contributed by atoms with Gasteiger partial charge in [0.2, 0.25) is 0 Å². The maximum absolute atomic E-state index is 13.1. The number of aromatic nitrogens is 1. The van der Waals surface area contributed by atoms with E-state index in [1.54, 1.807) is 29.2 Å². The molecular weight excluding hydrogens is 349 g/mol. The van der Waals surface area contributed by atoms with E-state index >= 15 is 0 Å². The molecule has 1 aliphatic rings. The molecule has 3 aromatic rings. The van der Waals surface area contributed by atoms with Gasteiger partial charge in [-0.1, -0.05) is 5.16 Å². The van der Waals surface area contributed by atoms with Crippen molar-refractivity contribution in [2.45, 2.75) is 13.5 Å². The predicted octanol–water partition coefficient (Wildman–Crippen LogP) is 3.34. The number of amides is 1. The molecule has 0 spiro atoms. The summed E-state index contributed by atoms with van der Waals surface area (Å²) < 4.78 is 23.8. The van der Waals surface area contributed by atoms with Crippen LogP contribution in [0.25, 0.3) is 11.3 Å². The van der Waals surface area contributed by atoms with Crippen molar-refractivity contribution in [3.05, 3.63) is 65.5 Å². The molecule has 1 aromatic carbocycles. The van der Waals surface area contributed by atoms with Crippen molar-refractivity contribution in [3.63, 3.8) is 0 Å². The molecule has 4 rings (SSSR count). The van der Waals surface area contributed by atoms with E-state index in [1.165, 1.54) is 18.4 Å². The van der Waals surface area contributed by atoms with Crippen LogP contribution in [-0.4, -0.2) is 47.0 Å². The number of hydrogen-bond donors (Lipinski definition) is 0. The Balaban J connectivity index is 1.38. The molecular formula is C20H20FN3O3. The summed E-state index contributed by atoms with van der Waals surface area (Å²) in [5.74, 6) is 0.685. The van der Waals surface area contributed by atoms with E-state index in [4.69, 9.17) is 8.94 Å². The SMILES string of the molecule is Cc1c(CN2CCN(C(=O)c3ccco3)CC2)noc1-c1ccc(F)cc1. The summed E-state index contributed by atoms with van der Waals surface area (Å²) in [6.45, 7) is 5.40. The molecule has 0 unspecified atom stereocenters. The van der Waals surface area contributed by atoms with Crippen molar-refractivity contribution in [2.24, 2.45) is 0 Å². The molecule has 1 aliphatic heterocycles. The van der Waals surface area contributed by atoms with Gasteiger partial charge in [0, 0.05) is 43.9 Å². The normalized spacial score (nSPS) is 15.3. The van der Waals surface area contributed by atoms with Crippen LogP contribution in [0.1, 0.15) is 21.8 Å². The molecule has 1 saturated heterocycles. The van der Waals surface area contributed by atoms with Crippen molar-refractivity contribution in [2.75, 3.05) is 26.2 Å². The summed E-state index contributed by atoms with van der Waals surface area (Å²) in [7, 11) is 0. The molecule has 2 aromatic heterocycles. The fourth-order valence-electron chi connectivity index (χ4n) is 3.26. The number of benzene rings is 1. The first kappa shape index (κ1) is 17.5. The van der Waals surface area contributed by atoms with E-state index in [0.29, 0.717) is 31.2 Å². The molecule has 27 heavy (non-hydrogen) atoms. The van der Waals surface area contributed by atoms with Gasteiger partial charge in [-0.05, 0) is 43.3 Å². The van der Waals surface area contributed by atoms with Gasteiger partial charge in [0.1, 0.15) is 11.5 Å². The van der Waals surface area contributed by atoms with E-state index in [1.807, 2.05) is 6.92 Å². The minimum Gasteiger partial charge on any atom is -0.459 e. The van der Waals surface area contributed by atoms with Crippen LogP contribution in [0, 0.1) is 12.7 Å². The largest absolute Gasteiger partial charge is 0.459 e. The number of halogens is 1. The Bertz CT molecular complexity index is 911. The third-order valence-corrected chi connectivity index (χ3v) is 4.89. The van der Waals surface area contributed by atoms with Crippen molar-refractivity contribution in [1.29, 1.82) is 0 Å². The van der Waals surface area contributed by atoms with Crippen molar-refractivity contribution in [1.82, 2.24) is 15.0 Å². The first-order valence-electron chi connectivity index (χ1n) is 8.88. The van der Waals surface area contributed by atoms with Crippen molar-refractivity contribution < 1.29 is 18.1 Å². The molecule has 1 amide bonds. The van der Waals surface area contributed by atoms with Gasteiger partial charge in [-0.2, -0.15) is 0 Å².